The highest BCUT2D eigenvalue weighted by atomic mass is 35.5. The number of allylic oxidation sites excluding steroid dienone is 1. The molecule has 2 aromatic carbocycles. The van der Waals surface area contributed by atoms with E-state index in [0.29, 0.717) is 31.4 Å². The number of ether oxygens (including phenoxy) is 1. The van der Waals surface area contributed by atoms with Crippen molar-refractivity contribution in [1.82, 2.24) is 4.57 Å². The van der Waals surface area contributed by atoms with Gasteiger partial charge in [0.2, 0.25) is 0 Å². The molecule has 1 aliphatic rings. The van der Waals surface area contributed by atoms with E-state index in [2.05, 4.69) is 5.32 Å². The number of aromatic nitrogens is 1. The first-order valence-electron chi connectivity index (χ1n) is 11.9. The molecule has 1 amide bonds. The molecule has 1 unspecified atom stereocenters. The fraction of sp³-hybridized carbons (Fsp3) is 0.0690. The molecular formula is C29H20ClN3O3S3. The SMILES string of the molecule is COc1ccc(Cl)cc1C(=O)Nc1ccc(C2=CC(c3cccs3)n3c(s/c(=C\c4cccs4)c3=O)=N2)cc1. The minimum atomic E-state index is -0.321. The summed E-state index contributed by atoms with van der Waals surface area (Å²) in [6, 6.07) is 20.1. The van der Waals surface area contributed by atoms with Crippen molar-refractivity contribution in [3.05, 3.63) is 129 Å². The summed E-state index contributed by atoms with van der Waals surface area (Å²) in [7, 11) is 1.51. The Kier molecular flexibility index (Phi) is 7.05. The number of carbonyl (C=O) groups is 1. The summed E-state index contributed by atoms with van der Waals surface area (Å²) in [6.07, 6.45) is 3.95. The number of hydrogen-bond donors (Lipinski definition) is 1. The van der Waals surface area contributed by atoms with E-state index in [9.17, 15) is 9.59 Å². The molecule has 10 heteroatoms. The molecule has 5 aromatic rings. The number of thiazole rings is 1. The lowest BCUT2D eigenvalue weighted by Gasteiger charge is -2.18. The topological polar surface area (TPSA) is 72.7 Å². The lowest BCUT2D eigenvalue weighted by atomic mass is 10.1. The van der Waals surface area contributed by atoms with Crippen molar-refractivity contribution in [1.29, 1.82) is 0 Å². The monoisotopic (exact) mass is 589 g/mol. The van der Waals surface area contributed by atoms with Gasteiger partial charge in [0, 0.05) is 26.0 Å². The van der Waals surface area contributed by atoms with Gasteiger partial charge < -0.3 is 10.1 Å². The Morgan fingerprint density at radius 2 is 1.87 bits per heavy atom. The zero-order chi connectivity index (χ0) is 26.9. The second-order valence-electron chi connectivity index (χ2n) is 8.58. The standard InChI is InChI=1S/C29H20ClN3O3S3/c1-36-24-11-8-18(30)14-21(24)27(34)31-19-9-6-17(7-10-19)22-16-23(25-5-3-13-38-25)33-28(35)26(39-29(33)32-22)15-20-4-2-12-37-20/h2-16,23H,1H3,(H,31,34)/b26-15-. The summed E-state index contributed by atoms with van der Waals surface area (Å²) in [6.45, 7) is 0. The second kappa shape index (κ2) is 10.8. The van der Waals surface area contributed by atoms with Crippen molar-refractivity contribution in [2.24, 2.45) is 4.99 Å². The maximum Gasteiger partial charge on any atom is 0.271 e. The normalized spacial score (nSPS) is 14.9. The van der Waals surface area contributed by atoms with E-state index in [0.717, 1.165) is 21.0 Å². The summed E-state index contributed by atoms with van der Waals surface area (Å²) in [5, 5.41) is 7.35. The van der Waals surface area contributed by atoms with Crippen LogP contribution in [0.25, 0.3) is 11.8 Å². The Labute approximate surface area is 240 Å². The van der Waals surface area contributed by atoms with Crippen LogP contribution in [-0.4, -0.2) is 17.6 Å². The number of methoxy groups -OCH3 is 1. The van der Waals surface area contributed by atoms with Gasteiger partial charge in [0.25, 0.3) is 11.5 Å². The molecule has 6 nitrogen and oxygen atoms in total. The predicted octanol–water partition coefficient (Wildman–Crippen LogP) is 6.04. The molecule has 4 heterocycles. The molecule has 0 aliphatic carbocycles. The number of benzene rings is 2. The Hall–Kier alpha value is -3.76. The number of carbonyl (C=O) groups excluding carboxylic acids is 1. The fourth-order valence-corrected chi connectivity index (χ4v) is 6.98. The van der Waals surface area contributed by atoms with Gasteiger partial charge in [-0.2, -0.15) is 0 Å². The minimum Gasteiger partial charge on any atom is -0.496 e. The number of rotatable bonds is 6. The van der Waals surface area contributed by atoms with E-state index < -0.39 is 0 Å². The smallest absolute Gasteiger partial charge is 0.271 e. The molecule has 1 N–H and O–H groups in total. The largest absolute Gasteiger partial charge is 0.496 e. The number of fused-ring (bicyclic) bond motifs is 1. The number of anilines is 1. The number of nitrogens with one attached hydrogen (secondary N) is 1. The van der Waals surface area contributed by atoms with Crippen molar-refractivity contribution >= 4 is 69.0 Å². The molecule has 1 atom stereocenters. The van der Waals surface area contributed by atoms with Gasteiger partial charge in [-0.3, -0.25) is 14.2 Å². The van der Waals surface area contributed by atoms with Crippen molar-refractivity contribution in [2.45, 2.75) is 6.04 Å². The van der Waals surface area contributed by atoms with Crippen LogP contribution in [0.1, 0.15) is 31.7 Å². The molecule has 0 fully saturated rings. The van der Waals surface area contributed by atoms with Gasteiger partial charge in [0.05, 0.1) is 28.9 Å². The highest BCUT2D eigenvalue weighted by Crippen LogP contribution is 2.30. The summed E-state index contributed by atoms with van der Waals surface area (Å²) in [5.74, 6) is 0.121. The lowest BCUT2D eigenvalue weighted by molar-refractivity contribution is 0.102. The van der Waals surface area contributed by atoms with Crippen molar-refractivity contribution in [3.63, 3.8) is 0 Å². The fourth-order valence-electron chi connectivity index (χ4n) is 4.29. The lowest BCUT2D eigenvalue weighted by Crippen LogP contribution is -2.35. The van der Waals surface area contributed by atoms with E-state index in [-0.39, 0.29) is 17.5 Å². The van der Waals surface area contributed by atoms with Crippen LogP contribution in [0.3, 0.4) is 0 Å². The maximum atomic E-state index is 13.4. The van der Waals surface area contributed by atoms with Crippen LogP contribution in [0.5, 0.6) is 5.75 Å². The summed E-state index contributed by atoms with van der Waals surface area (Å²) < 4.78 is 7.73. The van der Waals surface area contributed by atoms with Gasteiger partial charge in [-0.15, -0.1) is 22.7 Å². The van der Waals surface area contributed by atoms with Crippen LogP contribution in [0.15, 0.2) is 93.4 Å². The molecule has 0 spiro atoms. The predicted molar refractivity (Wildman–Crippen MR) is 160 cm³/mol. The first kappa shape index (κ1) is 25.5. The molecular weight excluding hydrogens is 570 g/mol. The quantitative estimate of drug-likeness (QED) is 0.262. The summed E-state index contributed by atoms with van der Waals surface area (Å²) in [5.41, 5.74) is 2.58. The zero-order valence-electron chi connectivity index (χ0n) is 20.5. The maximum absolute atomic E-state index is 13.4. The zero-order valence-corrected chi connectivity index (χ0v) is 23.7. The Bertz CT molecular complexity index is 1870. The molecule has 6 rings (SSSR count). The number of thiophene rings is 2. The molecule has 0 saturated heterocycles. The average molecular weight is 590 g/mol. The third-order valence-electron chi connectivity index (χ3n) is 6.14. The van der Waals surface area contributed by atoms with Crippen molar-refractivity contribution < 1.29 is 9.53 Å². The van der Waals surface area contributed by atoms with Crippen LogP contribution in [-0.2, 0) is 0 Å². The van der Waals surface area contributed by atoms with E-state index in [1.54, 1.807) is 45.4 Å². The van der Waals surface area contributed by atoms with E-state index in [1.807, 2.05) is 71.4 Å². The average Bonchev–Trinajstić information content (AvgIpc) is 3.72. The number of nitrogens with zero attached hydrogens (tertiary/aromatic N) is 2. The van der Waals surface area contributed by atoms with Crippen LogP contribution < -0.4 is 24.9 Å². The number of hydrogen-bond acceptors (Lipinski definition) is 7. The van der Waals surface area contributed by atoms with Crippen LogP contribution in [0, 0.1) is 0 Å². The Morgan fingerprint density at radius 1 is 1.08 bits per heavy atom. The molecule has 39 heavy (non-hydrogen) atoms. The summed E-state index contributed by atoms with van der Waals surface area (Å²) >= 11 is 10.7. The molecule has 1 aliphatic heterocycles. The van der Waals surface area contributed by atoms with Gasteiger partial charge in [0.15, 0.2) is 4.80 Å². The highest BCUT2D eigenvalue weighted by molar-refractivity contribution is 7.11. The van der Waals surface area contributed by atoms with Gasteiger partial charge in [-0.05, 0) is 65.4 Å². The van der Waals surface area contributed by atoms with E-state index >= 15 is 0 Å². The van der Waals surface area contributed by atoms with Crippen LogP contribution in [0.2, 0.25) is 5.02 Å². The van der Waals surface area contributed by atoms with Crippen molar-refractivity contribution in [2.75, 3.05) is 12.4 Å². The van der Waals surface area contributed by atoms with E-state index in [4.69, 9.17) is 21.3 Å². The molecule has 0 bridgehead atoms. The highest BCUT2D eigenvalue weighted by Gasteiger charge is 2.23. The Morgan fingerprint density at radius 3 is 2.59 bits per heavy atom. The molecule has 194 valence electrons. The van der Waals surface area contributed by atoms with Gasteiger partial charge >= 0.3 is 0 Å². The second-order valence-corrected chi connectivity index (χ2v) is 12.0. The first-order valence-corrected chi connectivity index (χ1v) is 14.8. The third-order valence-corrected chi connectivity index (χ3v) is 9.12. The first-order chi connectivity index (χ1) is 19.0. The van der Waals surface area contributed by atoms with E-state index in [1.165, 1.54) is 18.4 Å². The van der Waals surface area contributed by atoms with Gasteiger partial charge in [0.1, 0.15) is 5.75 Å². The van der Waals surface area contributed by atoms with Crippen LogP contribution >= 0.6 is 45.6 Å². The molecule has 3 aromatic heterocycles. The summed E-state index contributed by atoms with van der Waals surface area (Å²) in [4.78, 5) is 33.9. The van der Waals surface area contributed by atoms with Gasteiger partial charge in [-0.1, -0.05) is 47.2 Å². The van der Waals surface area contributed by atoms with Crippen LogP contribution in [0.4, 0.5) is 5.69 Å². The molecule has 0 saturated carbocycles. The number of halogens is 1. The third kappa shape index (κ3) is 5.14. The minimum absolute atomic E-state index is 0.0460. The molecule has 0 radical (unpaired) electrons. The number of amides is 1. The van der Waals surface area contributed by atoms with Gasteiger partial charge in [-0.25, -0.2) is 4.99 Å². The Balaban J connectivity index is 1.34. The van der Waals surface area contributed by atoms with Crippen molar-refractivity contribution in [3.8, 4) is 5.75 Å².